The van der Waals surface area contributed by atoms with Crippen LogP contribution in [-0.2, 0) is 0 Å². The SMILES string of the molecule is FC1(F)Oc2ccc(NC3CN4CCC3CC4)cc2O1. The van der Waals surface area contributed by atoms with Crippen LogP contribution in [0.2, 0.25) is 0 Å². The van der Waals surface area contributed by atoms with Crippen molar-refractivity contribution in [3.63, 3.8) is 0 Å². The first-order chi connectivity index (χ1) is 9.59. The predicted molar refractivity (Wildman–Crippen MR) is 69.2 cm³/mol. The van der Waals surface area contributed by atoms with E-state index in [1.807, 2.05) is 0 Å². The van der Waals surface area contributed by atoms with Crippen molar-refractivity contribution in [2.24, 2.45) is 5.92 Å². The maximum atomic E-state index is 13.0. The van der Waals surface area contributed by atoms with Gasteiger partial charge in [-0.3, -0.25) is 0 Å². The number of ether oxygens (including phenoxy) is 2. The molecule has 20 heavy (non-hydrogen) atoms. The number of fused-ring (bicyclic) bond motifs is 4. The molecule has 1 aromatic carbocycles. The van der Waals surface area contributed by atoms with Crippen LogP contribution in [0.25, 0.3) is 0 Å². The summed E-state index contributed by atoms with van der Waals surface area (Å²) in [7, 11) is 0. The zero-order valence-corrected chi connectivity index (χ0v) is 10.9. The first kappa shape index (κ1) is 12.2. The molecule has 5 rings (SSSR count). The largest absolute Gasteiger partial charge is 0.586 e. The summed E-state index contributed by atoms with van der Waals surface area (Å²) < 4.78 is 34.8. The molecule has 0 saturated carbocycles. The van der Waals surface area contributed by atoms with Gasteiger partial charge in [-0.2, -0.15) is 0 Å². The standard InChI is InChI=1S/C14H16F2N2O2/c15-14(16)19-12-2-1-10(7-13(12)20-14)17-11-8-18-5-3-9(11)4-6-18/h1-2,7,9,11,17H,3-6,8H2. The van der Waals surface area contributed by atoms with Crippen molar-refractivity contribution in [1.82, 2.24) is 4.90 Å². The molecule has 0 amide bonds. The molecular weight excluding hydrogens is 266 g/mol. The van der Waals surface area contributed by atoms with Crippen LogP contribution in [0.15, 0.2) is 18.2 Å². The highest BCUT2D eigenvalue weighted by Crippen LogP contribution is 2.42. The second kappa shape index (κ2) is 4.22. The lowest BCUT2D eigenvalue weighted by Crippen LogP contribution is -2.53. The lowest BCUT2D eigenvalue weighted by atomic mass is 9.84. The van der Waals surface area contributed by atoms with E-state index < -0.39 is 6.29 Å². The third-order valence-electron chi connectivity index (χ3n) is 4.41. The molecule has 0 aliphatic carbocycles. The van der Waals surface area contributed by atoms with Crippen LogP contribution < -0.4 is 14.8 Å². The van der Waals surface area contributed by atoms with Crippen molar-refractivity contribution < 1.29 is 18.3 Å². The van der Waals surface area contributed by atoms with E-state index in [-0.39, 0.29) is 11.5 Å². The topological polar surface area (TPSA) is 33.7 Å². The molecule has 0 spiro atoms. The van der Waals surface area contributed by atoms with Gasteiger partial charge in [0.1, 0.15) is 0 Å². The lowest BCUT2D eigenvalue weighted by molar-refractivity contribution is -0.286. The molecule has 4 aliphatic heterocycles. The van der Waals surface area contributed by atoms with Gasteiger partial charge in [-0.1, -0.05) is 0 Å². The number of halogens is 2. The van der Waals surface area contributed by atoms with E-state index in [2.05, 4.69) is 19.7 Å². The summed E-state index contributed by atoms with van der Waals surface area (Å²) >= 11 is 0. The van der Waals surface area contributed by atoms with E-state index in [1.165, 1.54) is 32.0 Å². The molecule has 3 fully saturated rings. The number of benzene rings is 1. The van der Waals surface area contributed by atoms with E-state index >= 15 is 0 Å². The smallest absolute Gasteiger partial charge is 0.395 e. The summed E-state index contributed by atoms with van der Waals surface area (Å²) in [4.78, 5) is 2.44. The van der Waals surface area contributed by atoms with Gasteiger partial charge in [0, 0.05) is 24.3 Å². The van der Waals surface area contributed by atoms with E-state index in [0.29, 0.717) is 12.0 Å². The fraction of sp³-hybridized carbons (Fsp3) is 0.571. The normalized spacial score (nSPS) is 33.2. The van der Waals surface area contributed by atoms with Crippen molar-refractivity contribution in [3.8, 4) is 11.5 Å². The summed E-state index contributed by atoms with van der Waals surface area (Å²) in [5.41, 5.74) is 0.809. The van der Waals surface area contributed by atoms with Gasteiger partial charge in [-0.05, 0) is 44.0 Å². The molecule has 6 heteroatoms. The van der Waals surface area contributed by atoms with E-state index in [9.17, 15) is 8.78 Å². The monoisotopic (exact) mass is 282 g/mol. The summed E-state index contributed by atoms with van der Waals surface area (Å²) in [6, 6.07) is 5.27. The highest BCUT2D eigenvalue weighted by molar-refractivity contribution is 5.56. The fourth-order valence-corrected chi connectivity index (χ4v) is 3.38. The van der Waals surface area contributed by atoms with Crippen LogP contribution in [0.1, 0.15) is 12.8 Å². The molecule has 4 aliphatic rings. The van der Waals surface area contributed by atoms with Crippen LogP contribution in [0.5, 0.6) is 11.5 Å². The van der Waals surface area contributed by atoms with Crippen LogP contribution in [0, 0.1) is 5.92 Å². The molecule has 1 N–H and O–H groups in total. The molecule has 0 radical (unpaired) electrons. The number of anilines is 1. The number of piperidine rings is 3. The second-order valence-corrected chi connectivity index (χ2v) is 5.72. The highest BCUT2D eigenvalue weighted by atomic mass is 19.3. The molecule has 3 saturated heterocycles. The van der Waals surface area contributed by atoms with Gasteiger partial charge in [0.05, 0.1) is 0 Å². The fourth-order valence-electron chi connectivity index (χ4n) is 3.38. The summed E-state index contributed by atoms with van der Waals surface area (Å²) in [6.45, 7) is 3.38. The minimum Gasteiger partial charge on any atom is -0.395 e. The second-order valence-electron chi connectivity index (χ2n) is 5.72. The Morgan fingerprint density at radius 2 is 1.90 bits per heavy atom. The molecule has 4 heterocycles. The average molecular weight is 282 g/mol. The van der Waals surface area contributed by atoms with Gasteiger partial charge in [0.2, 0.25) is 0 Å². The highest BCUT2D eigenvalue weighted by Gasteiger charge is 2.43. The van der Waals surface area contributed by atoms with Crippen LogP contribution in [0.3, 0.4) is 0 Å². The number of nitrogens with one attached hydrogen (secondary N) is 1. The summed E-state index contributed by atoms with van der Waals surface area (Å²) in [5.74, 6) is 0.864. The predicted octanol–water partition coefficient (Wildman–Crippen LogP) is 2.51. The van der Waals surface area contributed by atoms with Crippen LogP contribution >= 0.6 is 0 Å². The van der Waals surface area contributed by atoms with Gasteiger partial charge in [-0.25, -0.2) is 0 Å². The molecule has 2 bridgehead atoms. The van der Waals surface area contributed by atoms with Crippen molar-refractivity contribution in [2.45, 2.75) is 25.2 Å². The average Bonchev–Trinajstić information content (AvgIpc) is 2.73. The Balaban J connectivity index is 1.51. The Morgan fingerprint density at radius 1 is 1.15 bits per heavy atom. The third-order valence-corrected chi connectivity index (χ3v) is 4.41. The molecule has 4 nitrogen and oxygen atoms in total. The summed E-state index contributed by atoms with van der Waals surface area (Å²) in [5, 5.41) is 3.45. The number of hydrogen-bond donors (Lipinski definition) is 1. The number of hydrogen-bond acceptors (Lipinski definition) is 4. The van der Waals surface area contributed by atoms with Gasteiger partial charge < -0.3 is 19.7 Å². The first-order valence-corrected chi connectivity index (χ1v) is 6.98. The van der Waals surface area contributed by atoms with Crippen molar-refractivity contribution >= 4 is 5.69 Å². The number of alkyl halides is 2. The number of nitrogens with zero attached hydrogens (tertiary/aromatic N) is 1. The minimum atomic E-state index is -3.55. The van der Waals surface area contributed by atoms with Crippen molar-refractivity contribution in [2.75, 3.05) is 25.0 Å². The van der Waals surface area contributed by atoms with Crippen molar-refractivity contribution in [3.05, 3.63) is 18.2 Å². The zero-order valence-electron chi connectivity index (χ0n) is 10.9. The molecule has 1 aromatic rings. The third kappa shape index (κ3) is 2.08. The van der Waals surface area contributed by atoms with Crippen LogP contribution in [-0.4, -0.2) is 36.9 Å². The zero-order chi connectivity index (χ0) is 13.7. The Bertz CT molecular complexity index is 530. The Labute approximate surface area is 115 Å². The molecule has 108 valence electrons. The van der Waals surface area contributed by atoms with Gasteiger partial charge in [0.25, 0.3) is 0 Å². The van der Waals surface area contributed by atoms with E-state index in [0.717, 1.165) is 12.2 Å². The molecule has 1 unspecified atom stereocenters. The van der Waals surface area contributed by atoms with Crippen molar-refractivity contribution in [1.29, 1.82) is 0 Å². The van der Waals surface area contributed by atoms with Crippen LogP contribution in [0.4, 0.5) is 14.5 Å². The Kier molecular flexibility index (Phi) is 2.57. The van der Waals surface area contributed by atoms with E-state index in [1.54, 1.807) is 12.1 Å². The molecular formula is C14H16F2N2O2. The number of rotatable bonds is 2. The van der Waals surface area contributed by atoms with E-state index in [4.69, 9.17) is 0 Å². The van der Waals surface area contributed by atoms with Gasteiger partial charge in [-0.15, -0.1) is 8.78 Å². The minimum absolute atomic E-state index is 0.0921. The molecule has 1 atom stereocenters. The molecule has 0 aromatic heterocycles. The van der Waals surface area contributed by atoms with Gasteiger partial charge in [0.15, 0.2) is 11.5 Å². The summed E-state index contributed by atoms with van der Waals surface area (Å²) in [6.07, 6.45) is -1.13. The van der Waals surface area contributed by atoms with Gasteiger partial charge >= 0.3 is 6.29 Å². The Morgan fingerprint density at radius 3 is 2.60 bits per heavy atom. The quantitative estimate of drug-likeness (QED) is 0.903. The first-order valence-electron chi connectivity index (χ1n) is 6.98. The lowest BCUT2D eigenvalue weighted by Gasteiger charge is -2.45. The maximum absolute atomic E-state index is 13.0. The Hall–Kier alpha value is -1.56. The maximum Gasteiger partial charge on any atom is 0.586 e.